The lowest BCUT2D eigenvalue weighted by molar-refractivity contribution is -0.0409. The monoisotopic (exact) mass is 242 g/mol. The lowest BCUT2D eigenvalue weighted by Crippen LogP contribution is -2.46. The fourth-order valence-corrected chi connectivity index (χ4v) is 2.41. The summed E-state index contributed by atoms with van der Waals surface area (Å²) in [5.74, 6) is 0. The number of oxime groups is 1. The second-order valence-electron chi connectivity index (χ2n) is 4.50. The molecular formula is C11H18N2O4. The van der Waals surface area contributed by atoms with E-state index in [0.29, 0.717) is 38.4 Å². The SMILES string of the molecule is CCOC(=O)N1CCC2(CC1)CC(=NO)CO2. The van der Waals surface area contributed by atoms with E-state index in [9.17, 15) is 4.79 Å². The topological polar surface area (TPSA) is 71.4 Å². The third kappa shape index (κ3) is 2.52. The lowest BCUT2D eigenvalue weighted by Gasteiger charge is -2.37. The summed E-state index contributed by atoms with van der Waals surface area (Å²) < 4.78 is 10.7. The Morgan fingerprint density at radius 3 is 2.82 bits per heavy atom. The highest BCUT2D eigenvalue weighted by Crippen LogP contribution is 2.34. The standard InChI is InChI=1S/C11H18N2O4/c1-2-16-10(14)13-5-3-11(4-6-13)7-9(12-15)8-17-11/h15H,2-8H2,1H3. The van der Waals surface area contributed by atoms with Crippen LogP contribution in [0.1, 0.15) is 26.2 Å². The second-order valence-corrected chi connectivity index (χ2v) is 4.50. The highest BCUT2D eigenvalue weighted by molar-refractivity contribution is 5.87. The molecule has 0 radical (unpaired) electrons. The molecular weight excluding hydrogens is 224 g/mol. The van der Waals surface area contributed by atoms with Gasteiger partial charge in [0.15, 0.2) is 0 Å². The van der Waals surface area contributed by atoms with Crippen molar-refractivity contribution in [3.05, 3.63) is 0 Å². The summed E-state index contributed by atoms with van der Waals surface area (Å²) in [7, 11) is 0. The van der Waals surface area contributed by atoms with E-state index in [0.717, 1.165) is 12.8 Å². The molecule has 17 heavy (non-hydrogen) atoms. The van der Waals surface area contributed by atoms with E-state index in [4.69, 9.17) is 14.7 Å². The molecule has 1 N–H and O–H groups in total. The average molecular weight is 242 g/mol. The number of likely N-dealkylation sites (tertiary alicyclic amines) is 1. The summed E-state index contributed by atoms with van der Waals surface area (Å²) in [5.41, 5.74) is 0.458. The maximum absolute atomic E-state index is 11.5. The average Bonchev–Trinajstić information content (AvgIpc) is 2.74. The molecule has 0 bridgehead atoms. The predicted molar refractivity (Wildman–Crippen MR) is 60.4 cm³/mol. The van der Waals surface area contributed by atoms with Gasteiger partial charge in [-0.15, -0.1) is 0 Å². The Morgan fingerprint density at radius 2 is 2.29 bits per heavy atom. The zero-order valence-electron chi connectivity index (χ0n) is 10.0. The summed E-state index contributed by atoms with van der Waals surface area (Å²) >= 11 is 0. The van der Waals surface area contributed by atoms with Gasteiger partial charge in [-0.05, 0) is 19.8 Å². The van der Waals surface area contributed by atoms with Crippen LogP contribution < -0.4 is 0 Å². The number of carbonyl (C=O) groups excluding carboxylic acids is 1. The number of piperidine rings is 1. The van der Waals surface area contributed by atoms with E-state index < -0.39 is 0 Å². The first kappa shape index (κ1) is 12.2. The molecule has 2 heterocycles. The van der Waals surface area contributed by atoms with Crippen molar-refractivity contribution >= 4 is 11.8 Å². The van der Waals surface area contributed by atoms with E-state index in [-0.39, 0.29) is 11.7 Å². The van der Waals surface area contributed by atoms with Gasteiger partial charge in [-0.1, -0.05) is 5.16 Å². The van der Waals surface area contributed by atoms with Crippen LogP contribution in [-0.4, -0.2) is 53.8 Å². The second kappa shape index (κ2) is 4.91. The zero-order valence-corrected chi connectivity index (χ0v) is 10.0. The molecule has 2 fully saturated rings. The molecule has 2 rings (SSSR count). The smallest absolute Gasteiger partial charge is 0.409 e. The zero-order chi connectivity index (χ0) is 12.3. The number of amides is 1. The Balaban J connectivity index is 1.88. The number of nitrogens with zero attached hydrogens (tertiary/aromatic N) is 2. The summed E-state index contributed by atoms with van der Waals surface area (Å²) in [6.07, 6.45) is 1.95. The van der Waals surface area contributed by atoms with Gasteiger partial charge in [-0.25, -0.2) is 4.79 Å². The number of rotatable bonds is 1. The molecule has 0 aliphatic carbocycles. The lowest BCUT2D eigenvalue weighted by atomic mass is 9.88. The highest BCUT2D eigenvalue weighted by Gasteiger charge is 2.42. The fraction of sp³-hybridized carbons (Fsp3) is 0.818. The molecule has 96 valence electrons. The van der Waals surface area contributed by atoms with Crippen molar-refractivity contribution in [2.45, 2.75) is 31.8 Å². The quantitative estimate of drug-likeness (QED) is 0.554. The third-order valence-corrected chi connectivity index (χ3v) is 3.41. The molecule has 6 heteroatoms. The Hall–Kier alpha value is -1.30. The van der Waals surface area contributed by atoms with E-state index >= 15 is 0 Å². The van der Waals surface area contributed by atoms with Crippen LogP contribution in [0.15, 0.2) is 5.16 Å². The van der Waals surface area contributed by atoms with Gasteiger partial charge in [0.25, 0.3) is 0 Å². The minimum Gasteiger partial charge on any atom is -0.450 e. The van der Waals surface area contributed by atoms with Crippen molar-refractivity contribution < 1.29 is 19.5 Å². The van der Waals surface area contributed by atoms with Crippen LogP contribution in [0.2, 0.25) is 0 Å². The first-order valence-corrected chi connectivity index (χ1v) is 5.94. The molecule has 2 aliphatic heterocycles. The molecule has 1 amide bonds. The molecule has 0 aromatic carbocycles. The van der Waals surface area contributed by atoms with E-state index in [1.807, 2.05) is 0 Å². The van der Waals surface area contributed by atoms with Gasteiger partial charge < -0.3 is 19.6 Å². The van der Waals surface area contributed by atoms with Crippen molar-refractivity contribution in [1.82, 2.24) is 4.90 Å². The summed E-state index contributed by atoms with van der Waals surface area (Å²) in [5, 5.41) is 11.9. The molecule has 0 unspecified atom stereocenters. The molecule has 0 saturated carbocycles. The maximum atomic E-state index is 11.5. The summed E-state index contributed by atoms with van der Waals surface area (Å²) in [6, 6.07) is 0. The highest BCUT2D eigenvalue weighted by atomic mass is 16.6. The van der Waals surface area contributed by atoms with Crippen LogP contribution in [0, 0.1) is 0 Å². The fourth-order valence-electron chi connectivity index (χ4n) is 2.41. The first-order chi connectivity index (χ1) is 8.19. The minimum atomic E-state index is -0.253. The minimum absolute atomic E-state index is 0.232. The largest absolute Gasteiger partial charge is 0.450 e. The number of hydrogen-bond donors (Lipinski definition) is 1. The van der Waals surface area contributed by atoms with Gasteiger partial charge in [-0.2, -0.15) is 0 Å². The van der Waals surface area contributed by atoms with Gasteiger partial charge >= 0.3 is 6.09 Å². The Morgan fingerprint density at radius 1 is 1.59 bits per heavy atom. The van der Waals surface area contributed by atoms with Crippen LogP contribution in [0.25, 0.3) is 0 Å². The molecule has 2 saturated heterocycles. The number of hydrogen-bond acceptors (Lipinski definition) is 5. The van der Waals surface area contributed by atoms with Gasteiger partial charge in [0.05, 0.1) is 24.5 Å². The van der Waals surface area contributed by atoms with Crippen LogP contribution in [0.5, 0.6) is 0 Å². The van der Waals surface area contributed by atoms with E-state index in [1.54, 1.807) is 11.8 Å². The van der Waals surface area contributed by atoms with Crippen LogP contribution in [0.3, 0.4) is 0 Å². The van der Waals surface area contributed by atoms with Crippen molar-refractivity contribution in [2.75, 3.05) is 26.3 Å². The van der Waals surface area contributed by atoms with Gasteiger partial charge in [0.1, 0.15) is 0 Å². The third-order valence-electron chi connectivity index (χ3n) is 3.41. The Kier molecular flexibility index (Phi) is 3.51. The normalized spacial score (nSPS) is 25.5. The van der Waals surface area contributed by atoms with Crippen LogP contribution in [-0.2, 0) is 9.47 Å². The Labute approximate surface area is 100 Å². The molecule has 0 atom stereocenters. The van der Waals surface area contributed by atoms with Crippen LogP contribution in [0.4, 0.5) is 4.79 Å². The number of carbonyl (C=O) groups is 1. The molecule has 0 aromatic rings. The van der Waals surface area contributed by atoms with Gasteiger partial charge in [0, 0.05) is 19.5 Å². The van der Waals surface area contributed by atoms with Gasteiger partial charge in [-0.3, -0.25) is 0 Å². The summed E-state index contributed by atoms with van der Waals surface area (Å²) in [4.78, 5) is 13.2. The predicted octanol–water partition coefficient (Wildman–Crippen LogP) is 1.23. The summed E-state index contributed by atoms with van der Waals surface area (Å²) in [6.45, 7) is 3.87. The van der Waals surface area contributed by atoms with E-state index in [2.05, 4.69) is 5.16 Å². The van der Waals surface area contributed by atoms with Crippen molar-refractivity contribution in [3.63, 3.8) is 0 Å². The van der Waals surface area contributed by atoms with Crippen LogP contribution >= 0.6 is 0 Å². The van der Waals surface area contributed by atoms with Crippen molar-refractivity contribution in [3.8, 4) is 0 Å². The maximum Gasteiger partial charge on any atom is 0.409 e. The number of ether oxygens (including phenoxy) is 2. The van der Waals surface area contributed by atoms with Crippen molar-refractivity contribution in [1.29, 1.82) is 0 Å². The molecule has 0 aromatic heterocycles. The van der Waals surface area contributed by atoms with E-state index in [1.165, 1.54) is 0 Å². The molecule has 2 aliphatic rings. The Bertz CT molecular complexity index is 321. The first-order valence-electron chi connectivity index (χ1n) is 5.94. The molecule has 1 spiro atoms. The van der Waals surface area contributed by atoms with Crippen molar-refractivity contribution in [2.24, 2.45) is 5.16 Å². The van der Waals surface area contributed by atoms with Gasteiger partial charge in [0.2, 0.25) is 0 Å². The molecule has 6 nitrogen and oxygen atoms in total.